The number of rotatable bonds is 7. The van der Waals surface area contributed by atoms with Crippen LogP contribution in [0.5, 0.6) is 0 Å². The van der Waals surface area contributed by atoms with Crippen molar-refractivity contribution < 1.29 is 22.7 Å². The molecule has 0 aromatic carbocycles. The van der Waals surface area contributed by atoms with E-state index in [9.17, 15) is 18.0 Å². The van der Waals surface area contributed by atoms with Crippen molar-refractivity contribution in [2.24, 2.45) is 0 Å². The van der Waals surface area contributed by atoms with Crippen LogP contribution in [0.15, 0.2) is 30.7 Å². The summed E-state index contributed by atoms with van der Waals surface area (Å²) < 4.78 is 45.6. The number of fused-ring (bicyclic) bond motifs is 1. The Hall–Kier alpha value is -3.54. The Morgan fingerprint density at radius 2 is 1.95 bits per heavy atom. The molecule has 3 aromatic heterocycles. The van der Waals surface area contributed by atoms with E-state index in [-0.39, 0.29) is 5.91 Å². The van der Waals surface area contributed by atoms with Crippen LogP contribution in [0.4, 0.5) is 24.7 Å². The van der Waals surface area contributed by atoms with Gasteiger partial charge in [-0.1, -0.05) is 6.07 Å². The highest BCUT2D eigenvalue weighted by Crippen LogP contribution is 2.44. The summed E-state index contributed by atoms with van der Waals surface area (Å²) in [5, 5.41) is 7.31. The monoisotopic (exact) mass is 515 g/mol. The molecule has 1 atom stereocenters. The zero-order valence-corrected chi connectivity index (χ0v) is 20.8. The summed E-state index contributed by atoms with van der Waals surface area (Å²) in [7, 11) is 3.53. The number of amides is 1. The van der Waals surface area contributed by atoms with Gasteiger partial charge in [0.15, 0.2) is 5.82 Å². The average molecular weight is 516 g/mol. The first-order chi connectivity index (χ1) is 17.6. The summed E-state index contributed by atoms with van der Waals surface area (Å²) in [6.07, 6.45) is 4.19. The Balaban J connectivity index is 1.27. The van der Waals surface area contributed by atoms with Gasteiger partial charge in [-0.25, -0.2) is 9.97 Å². The highest BCUT2D eigenvalue weighted by molar-refractivity contribution is 6.04. The molecule has 196 valence electrons. The number of hydrogen-bond acceptors (Lipinski definition) is 7. The van der Waals surface area contributed by atoms with E-state index in [0.29, 0.717) is 48.0 Å². The van der Waals surface area contributed by atoms with E-state index in [1.54, 1.807) is 18.0 Å². The number of anilines is 2. The van der Waals surface area contributed by atoms with E-state index in [4.69, 9.17) is 9.72 Å². The first-order valence-corrected chi connectivity index (χ1v) is 12.1. The average Bonchev–Trinajstić information content (AvgIpc) is 3.27. The van der Waals surface area contributed by atoms with Crippen molar-refractivity contribution in [1.82, 2.24) is 24.7 Å². The van der Waals surface area contributed by atoms with E-state index >= 15 is 0 Å². The van der Waals surface area contributed by atoms with Crippen LogP contribution in [0.2, 0.25) is 0 Å². The van der Waals surface area contributed by atoms with Gasteiger partial charge < -0.3 is 15.0 Å². The second kappa shape index (κ2) is 9.40. The Labute approximate surface area is 212 Å². The number of carbonyl (C=O) groups excluding carboxylic acids is 1. The van der Waals surface area contributed by atoms with Gasteiger partial charge in [0.2, 0.25) is 5.91 Å². The number of nitrogens with zero attached hydrogens (tertiary/aromatic N) is 6. The van der Waals surface area contributed by atoms with Gasteiger partial charge in [0.1, 0.15) is 23.2 Å². The summed E-state index contributed by atoms with van der Waals surface area (Å²) >= 11 is 0. The van der Waals surface area contributed by atoms with Crippen LogP contribution in [0.25, 0.3) is 0 Å². The van der Waals surface area contributed by atoms with Crippen molar-refractivity contribution in [3.05, 3.63) is 59.1 Å². The molecule has 3 aromatic rings. The van der Waals surface area contributed by atoms with Crippen LogP contribution in [0.3, 0.4) is 0 Å². The van der Waals surface area contributed by atoms with Crippen LogP contribution in [0.1, 0.15) is 47.6 Å². The van der Waals surface area contributed by atoms with Crippen LogP contribution < -0.4 is 10.2 Å². The van der Waals surface area contributed by atoms with Crippen LogP contribution >= 0.6 is 0 Å². The summed E-state index contributed by atoms with van der Waals surface area (Å²) in [5.74, 6) is 1.23. The van der Waals surface area contributed by atoms with E-state index in [0.717, 1.165) is 30.9 Å². The van der Waals surface area contributed by atoms with Crippen molar-refractivity contribution >= 4 is 17.4 Å². The highest BCUT2D eigenvalue weighted by Gasteiger charge is 2.52. The van der Waals surface area contributed by atoms with Gasteiger partial charge in [-0.2, -0.15) is 18.3 Å². The third-order valence-electron chi connectivity index (χ3n) is 7.22. The lowest BCUT2D eigenvalue weighted by Gasteiger charge is -2.50. The lowest BCUT2D eigenvalue weighted by atomic mass is 9.73. The standard InChI is InChI=1S/C25H28F3N7O2/c1-15-20-22(34(2)21(23(36)33-20)24(37-3)9-4-10-24)32-19(31-15)8-6-17-12-30-35(14-17)13-16-5-7-18(29-11-16)25(26,27)28/h5,7,11-12,14,21H,4,6,8-10,13H2,1-3H3,(H,33,36)/t21-/m1/s1. The van der Waals surface area contributed by atoms with Gasteiger partial charge in [0, 0.05) is 33.0 Å². The Morgan fingerprint density at radius 1 is 1.16 bits per heavy atom. The molecule has 12 heteroatoms. The molecule has 2 aliphatic rings. The summed E-state index contributed by atoms with van der Waals surface area (Å²) in [5.41, 5.74) is 1.47. The van der Waals surface area contributed by atoms with Crippen LogP contribution in [0, 0.1) is 6.92 Å². The number of pyridine rings is 1. The molecule has 0 bridgehead atoms. The second-order valence-corrected chi connectivity index (χ2v) is 9.64. The number of carbonyl (C=O) groups is 1. The minimum Gasteiger partial charge on any atom is -0.376 e. The van der Waals surface area contributed by atoms with E-state index in [2.05, 4.69) is 20.4 Å². The topological polar surface area (TPSA) is 98.1 Å². The minimum absolute atomic E-state index is 0.105. The number of ether oxygens (including phenoxy) is 1. The van der Waals surface area contributed by atoms with Gasteiger partial charge in [0.05, 0.1) is 24.0 Å². The predicted molar refractivity (Wildman–Crippen MR) is 129 cm³/mol. The molecule has 1 fully saturated rings. The fourth-order valence-corrected chi connectivity index (χ4v) is 5.07. The van der Waals surface area contributed by atoms with E-state index in [1.807, 2.05) is 25.1 Å². The predicted octanol–water partition coefficient (Wildman–Crippen LogP) is 3.55. The van der Waals surface area contributed by atoms with Gasteiger partial charge in [-0.15, -0.1) is 0 Å². The molecule has 9 nitrogen and oxygen atoms in total. The molecule has 0 unspecified atom stereocenters. The maximum Gasteiger partial charge on any atom is 0.433 e. The molecule has 0 spiro atoms. The zero-order chi connectivity index (χ0) is 26.4. The molecule has 4 heterocycles. The summed E-state index contributed by atoms with van der Waals surface area (Å²) in [6, 6.07) is 1.92. The molecular weight excluding hydrogens is 487 g/mol. The Morgan fingerprint density at radius 3 is 2.57 bits per heavy atom. The number of halogens is 3. The van der Waals surface area contributed by atoms with Gasteiger partial charge in [-0.3, -0.25) is 14.5 Å². The lowest BCUT2D eigenvalue weighted by molar-refractivity contribution is -0.141. The van der Waals surface area contributed by atoms with Crippen molar-refractivity contribution in [2.45, 2.75) is 63.4 Å². The number of hydrogen-bond donors (Lipinski definition) is 1. The third-order valence-corrected chi connectivity index (χ3v) is 7.22. The van der Waals surface area contributed by atoms with Crippen LogP contribution in [-0.2, 0) is 35.1 Å². The number of alkyl halides is 3. The van der Waals surface area contributed by atoms with Crippen molar-refractivity contribution in [1.29, 1.82) is 0 Å². The van der Waals surface area contributed by atoms with Crippen molar-refractivity contribution in [2.75, 3.05) is 24.4 Å². The van der Waals surface area contributed by atoms with Gasteiger partial charge >= 0.3 is 6.18 Å². The molecule has 1 N–H and O–H groups in total. The lowest BCUT2D eigenvalue weighted by Crippen LogP contribution is -2.64. The summed E-state index contributed by atoms with van der Waals surface area (Å²) in [6.45, 7) is 2.16. The largest absolute Gasteiger partial charge is 0.433 e. The second-order valence-electron chi connectivity index (χ2n) is 9.64. The number of methoxy groups -OCH3 is 1. The van der Waals surface area contributed by atoms with Crippen molar-refractivity contribution in [3.8, 4) is 0 Å². The van der Waals surface area contributed by atoms with Gasteiger partial charge in [0.25, 0.3) is 0 Å². The molecule has 1 amide bonds. The Kier molecular flexibility index (Phi) is 6.38. The fourth-order valence-electron chi connectivity index (χ4n) is 5.07. The number of likely N-dealkylation sites (N-methyl/N-ethyl adjacent to an activating group) is 1. The maximum atomic E-state index is 13.0. The quantitative estimate of drug-likeness (QED) is 0.514. The first-order valence-electron chi connectivity index (χ1n) is 12.1. The highest BCUT2D eigenvalue weighted by atomic mass is 19.4. The fraction of sp³-hybridized carbons (Fsp3) is 0.480. The molecule has 1 aliphatic heterocycles. The van der Waals surface area contributed by atoms with E-state index in [1.165, 1.54) is 12.3 Å². The number of aryl methyl sites for hydroxylation is 3. The smallest absolute Gasteiger partial charge is 0.376 e. The van der Waals surface area contributed by atoms with Crippen LogP contribution in [-0.4, -0.2) is 56.4 Å². The third kappa shape index (κ3) is 4.77. The Bertz CT molecular complexity index is 1300. The molecule has 5 rings (SSSR count). The minimum atomic E-state index is -4.46. The molecule has 1 saturated carbocycles. The number of aromatic nitrogens is 5. The molecule has 37 heavy (non-hydrogen) atoms. The zero-order valence-electron chi connectivity index (χ0n) is 20.8. The first kappa shape index (κ1) is 25.1. The number of nitrogens with one attached hydrogen (secondary N) is 1. The molecule has 1 aliphatic carbocycles. The van der Waals surface area contributed by atoms with E-state index < -0.39 is 23.5 Å². The van der Waals surface area contributed by atoms with Crippen molar-refractivity contribution in [3.63, 3.8) is 0 Å². The van der Waals surface area contributed by atoms with Gasteiger partial charge in [-0.05, 0) is 49.8 Å². The molecular formula is C25H28F3N7O2. The normalized spacial score (nSPS) is 18.8. The SMILES string of the molecule is COC1([C@H]2C(=O)Nc3c(C)nc(CCc4cnn(Cc5ccc(C(F)(F)F)nc5)c4)nc3N2C)CCC1. The molecule has 0 saturated heterocycles. The summed E-state index contributed by atoms with van der Waals surface area (Å²) in [4.78, 5) is 27.7. The molecule has 0 radical (unpaired) electrons. The maximum absolute atomic E-state index is 13.0.